The molecule has 1 heterocycles. The largest absolute Gasteiger partial charge is 0.497 e. The fraction of sp³-hybridized carbons (Fsp3) is 0.440. The number of nitrogens with one attached hydrogen (secondary N) is 2. The topological polar surface area (TPSA) is 75.2 Å². The zero-order valence-electron chi connectivity index (χ0n) is 19.9. The van der Waals surface area contributed by atoms with E-state index in [4.69, 9.17) is 14.5 Å². The molecule has 7 nitrogen and oxygen atoms in total. The quantitative estimate of drug-likeness (QED) is 0.290. The van der Waals surface area contributed by atoms with Crippen LogP contribution < -0.4 is 20.1 Å². The molecule has 180 valence electrons. The summed E-state index contributed by atoms with van der Waals surface area (Å²) in [6.45, 7) is 5.41. The van der Waals surface area contributed by atoms with Gasteiger partial charge in [0.15, 0.2) is 5.96 Å². The van der Waals surface area contributed by atoms with Crippen LogP contribution in [0.3, 0.4) is 0 Å². The monoisotopic (exact) mass is 566 g/mol. The van der Waals surface area contributed by atoms with Crippen molar-refractivity contribution in [3.8, 4) is 11.5 Å². The van der Waals surface area contributed by atoms with Crippen LogP contribution in [0.1, 0.15) is 40.7 Å². The van der Waals surface area contributed by atoms with Crippen molar-refractivity contribution >= 4 is 35.8 Å². The molecule has 1 atom stereocenters. The van der Waals surface area contributed by atoms with Gasteiger partial charge in [-0.3, -0.25) is 9.79 Å². The van der Waals surface area contributed by atoms with E-state index in [1.807, 2.05) is 30.3 Å². The van der Waals surface area contributed by atoms with Crippen LogP contribution in [0, 0.1) is 0 Å². The minimum absolute atomic E-state index is 0. The molecule has 0 aromatic heterocycles. The number of hydrogen-bond acceptors (Lipinski definition) is 4. The van der Waals surface area contributed by atoms with Gasteiger partial charge in [-0.15, -0.1) is 24.0 Å². The first kappa shape index (κ1) is 26.8. The average Bonchev–Trinajstić information content (AvgIpc) is 3.33. The van der Waals surface area contributed by atoms with Crippen LogP contribution in [0.5, 0.6) is 11.5 Å². The lowest BCUT2D eigenvalue weighted by Gasteiger charge is -2.22. The van der Waals surface area contributed by atoms with Crippen molar-refractivity contribution in [1.29, 1.82) is 0 Å². The summed E-state index contributed by atoms with van der Waals surface area (Å²) < 4.78 is 10.9. The minimum Gasteiger partial charge on any atom is -0.497 e. The van der Waals surface area contributed by atoms with Gasteiger partial charge in [-0.1, -0.05) is 12.1 Å². The summed E-state index contributed by atoms with van der Waals surface area (Å²) in [6, 6.07) is 13.8. The average molecular weight is 566 g/mol. The van der Waals surface area contributed by atoms with Crippen LogP contribution in [0.15, 0.2) is 47.5 Å². The second kappa shape index (κ2) is 13.3. The number of amides is 1. The highest BCUT2D eigenvalue weighted by Gasteiger charge is 2.27. The summed E-state index contributed by atoms with van der Waals surface area (Å²) >= 11 is 0. The molecule has 1 fully saturated rings. The molecule has 0 saturated carbocycles. The maximum Gasteiger partial charge on any atom is 0.251 e. The Morgan fingerprint density at radius 2 is 1.88 bits per heavy atom. The van der Waals surface area contributed by atoms with Gasteiger partial charge in [0.1, 0.15) is 11.5 Å². The van der Waals surface area contributed by atoms with Gasteiger partial charge in [-0.2, -0.15) is 0 Å². The molecule has 8 heteroatoms. The standard InChI is InChI=1S/C25H34N4O3.HI/c1-5-27-25(28-11-9-18-7-6-8-19(13-18)24(30)26-2)29-12-10-20(17-29)21-14-22(31-3)16-23(15-21)32-4;/h6-8,13-16,20H,5,9-12,17H2,1-4H3,(H,26,30)(H,27,28);1H. The van der Waals surface area contributed by atoms with Crippen LogP contribution >= 0.6 is 24.0 Å². The first-order valence-electron chi connectivity index (χ1n) is 11.1. The Kier molecular flexibility index (Phi) is 10.8. The van der Waals surface area contributed by atoms with Crippen LogP contribution in [0.4, 0.5) is 0 Å². The second-order valence-electron chi connectivity index (χ2n) is 7.84. The molecule has 1 aliphatic heterocycles. The van der Waals surface area contributed by atoms with Gasteiger partial charge in [0.25, 0.3) is 5.91 Å². The second-order valence-corrected chi connectivity index (χ2v) is 7.84. The van der Waals surface area contributed by atoms with E-state index in [1.54, 1.807) is 21.3 Å². The van der Waals surface area contributed by atoms with Crippen LogP contribution in [-0.4, -0.2) is 64.2 Å². The number of guanidine groups is 1. The summed E-state index contributed by atoms with van der Waals surface area (Å²) in [5.74, 6) is 2.90. The van der Waals surface area contributed by atoms with Crippen LogP contribution in [0.25, 0.3) is 0 Å². The van der Waals surface area contributed by atoms with E-state index in [1.165, 1.54) is 5.56 Å². The third-order valence-electron chi connectivity index (χ3n) is 5.75. The Morgan fingerprint density at radius 3 is 2.52 bits per heavy atom. The first-order chi connectivity index (χ1) is 15.6. The number of rotatable bonds is 8. The van der Waals surface area contributed by atoms with E-state index in [-0.39, 0.29) is 29.9 Å². The Morgan fingerprint density at radius 1 is 1.15 bits per heavy atom. The van der Waals surface area contributed by atoms with Crippen molar-refractivity contribution in [1.82, 2.24) is 15.5 Å². The first-order valence-corrected chi connectivity index (χ1v) is 11.1. The zero-order chi connectivity index (χ0) is 22.9. The van der Waals surface area contributed by atoms with Crippen molar-refractivity contribution < 1.29 is 14.3 Å². The van der Waals surface area contributed by atoms with Gasteiger partial charge in [0.2, 0.25) is 0 Å². The molecular formula is C25H35IN4O3. The number of nitrogens with zero attached hydrogens (tertiary/aromatic N) is 2. The number of halogens is 1. The third kappa shape index (κ3) is 7.25. The molecule has 1 saturated heterocycles. The Hall–Kier alpha value is -2.49. The fourth-order valence-electron chi connectivity index (χ4n) is 4.02. The summed E-state index contributed by atoms with van der Waals surface area (Å²) in [6.07, 6.45) is 1.83. The van der Waals surface area contributed by atoms with Crippen molar-refractivity contribution in [2.24, 2.45) is 4.99 Å². The SMILES string of the molecule is CCNC(=NCCc1cccc(C(=O)NC)c1)N1CCC(c2cc(OC)cc(OC)c2)C1.I. The minimum atomic E-state index is -0.0685. The number of methoxy groups -OCH3 is 2. The molecular weight excluding hydrogens is 531 g/mol. The van der Waals surface area contributed by atoms with Gasteiger partial charge >= 0.3 is 0 Å². The van der Waals surface area contributed by atoms with E-state index < -0.39 is 0 Å². The molecule has 1 aliphatic rings. The van der Waals surface area contributed by atoms with Gasteiger partial charge < -0.3 is 25.0 Å². The van der Waals surface area contributed by atoms with Crippen molar-refractivity contribution in [2.75, 3.05) is 47.4 Å². The van der Waals surface area contributed by atoms with Crippen LogP contribution in [-0.2, 0) is 6.42 Å². The summed E-state index contributed by atoms with van der Waals surface area (Å²) in [5, 5.41) is 6.10. The molecule has 2 N–H and O–H groups in total. The number of benzene rings is 2. The molecule has 0 spiro atoms. The number of likely N-dealkylation sites (tertiary alicyclic amines) is 1. The molecule has 0 bridgehead atoms. The summed E-state index contributed by atoms with van der Waals surface area (Å²) in [4.78, 5) is 19.0. The zero-order valence-corrected chi connectivity index (χ0v) is 22.2. The van der Waals surface area contributed by atoms with Gasteiger partial charge in [-0.25, -0.2) is 0 Å². The van der Waals surface area contributed by atoms with E-state index in [0.29, 0.717) is 18.0 Å². The molecule has 2 aromatic rings. The van der Waals surface area contributed by atoms with Crippen molar-refractivity contribution in [3.63, 3.8) is 0 Å². The number of carbonyl (C=O) groups excluding carboxylic acids is 1. The maximum atomic E-state index is 11.9. The molecule has 0 radical (unpaired) electrons. The highest BCUT2D eigenvalue weighted by molar-refractivity contribution is 14.0. The number of hydrogen-bond donors (Lipinski definition) is 2. The highest BCUT2D eigenvalue weighted by atomic mass is 127. The number of aliphatic imine (C=N–C) groups is 1. The molecule has 1 amide bonds. The molecule has 2 aromatic carbocycles. The van der Waals surface area contributed by atoms with Crippen LogP contribution in [0.2, 0.25) is 0 Å². The lowest BCUT2D eigenvalue weighted by molar-refractivity contribution is 0.0963. The lowest BCUT2D eigenvalue weighted by Crippen LogP contribution is -2.40. The lowest BCUT2D eigenvalue weighted by atomic mass is 9.98. The van der Waals surface area contributed by atoms with Gasteiger partial charge in [-0.05, 0) is 55.2 Å². The Bertz CT molecular complexity index is 929. The molecule has 1 unspecified atom stereocenters. The predicted octanol–water partition coefficient (Wildman–Crippen LogP) is 3.68. The smallest absolute Gasteiger partial charge is 0.251 e. The maximum absolute atomic E-state index is 11.9. The number of carbonyl (C=O) groups is 1. The van der Waals surface area contributed by atoms with E-state index in [0.717, 1.165) is 55.5 Å². The molecule has 0 aliphatic carbocycles. The van der Waals surface area contributed by atoms with Gasteiger partial charge in [0.05, 0.1) is 14.2 Å². The highest BCUT2D eigenvalue weighted by Crippen LogP contribution is 2.32. The summed E-state index contributed by atoms with van der Waals surface area (Å²) in [7, 11) is 5.01. The Labute approximate surface area is 214 Å². The Balaban J connectivity index is 0.00000385. The molecule has 33 heavy (non-hydrogen) atoms. The third-order valence-corrected chi connectivity index (χ3v) is 5.75. The fourth-order valence-corrected chi connectivity index (χ4v) is 4.02. The normalized spacial score (nSPS) is 15.6. The summed E-state index contributed by atoms with van der Waals surface area (Å²) in [5.41, 5.74) is 3.01. The van der Waals surface area contributed by atoms with E-state index in [9.17, 15) is 4.79 Å². The van der Waals surface area contributed by atoms with Crippen molar-refractivity contribution in [2.45, 2.75) is 25.7 Å². The van der Waals surface area contributed by atoms with E-state index in [2.05, 4.69) is 34.6 Å². The predicted molar refractivity (Wildman–Crippen MR) is 143 cm³/mol. The van der Waals surface area contributed by atoms with Gasteiger partial charge in [0, 0.05) is 50.8 Å². The molecule has 3 rings (SSSR count). The van der Waals surface area contributed by atoms with E-state index >= 15 is 0 Å². The number of ether oxygens (including phenoxy) is 2. The van der Waals surface area contributed by atoms with Crippen molar-refractivity contribution in [3.05, 3.63) is 59.2 Å².